The Balaban J connectivity index is 2.37. The summed E-state index contributed by atoms with van der Waals surface area (Å²) >= 11 is 10.3. The number of sulfonamides is 1. The van der Waals surface area contributed by atoms with Crippen LogP contribution < -0.4 is 5.73 Å². The van der Waals surface area contributed by atoms with Gasteiger partial charge in [0.2, 0.25) is 0 Å². The van der Waals surface area contributed by atoms with Crippen LogP contribution in [0.5, 0.6) is 0 Å². The molecule has 0 spiro atoms. The van der Waals surface area contributed by atoms with Crippen molar-refractivity contribution in [3.05, 3.63) is 14.9 Å². The largest absolute Gasteiger partial charge is 0.326 e. The maximum Gasteiger partial charge on any atom is 0.252 e. The predicted octanol–water partition coefficient (Wildman–Crippen LogP) is 3.05. The Morgan fingerprint density at radius 1 is 1.58 bits per heavy atom. The lowest BCUT2D eigenvalue weighted by atomic mass is 10.00. The van der Waals surface area contributed by atoms with Crippen molar-refractivity contribution >= 4 is 48.9 Å². The molecule has 2 atom stereocenters. The molecule has 108 valence electrons. The zero-order valence-electron chi connectivity index (χ0n) is 10.5. The molecule has 8 heteroatoms. The van der Waals surface area contributed by atoms with Crippen molar-refractivity contribution in [2.45, 2.75) is 42.5 Å². The van der Waals surface area contributed by atoms with Gasteiger partial charge < -0.3 is 5.73 Å². The quantitative estimate of drug-likeness (QED) is 0.867. The van der Waals surface area contributed by atoms with Gasteiger partial charge in [0.1, 0.15) is 4.21 Å². The third kappa shape index (κ3) is 3.16. The van der Waals surface area contributed by atoms with Gasteiger partial charge in [-0.25, -0.2) is 8.42 Å². The topological polar surface area (TPSA) is 63.4 Å². The number of thiophene rings is 1. The number of hydrogen-bond donors (Lipinski definition) is 1. The third-order valence-corrected chi connectivity index (χ3v) is 8.14. The maximum absolute atomic E-state index is 12.7. The molecule has 2 heterocycles. The van der Waals surface area contributed by atoms with E-state index < -0.39 is 10.0 Å². The van der Waals surface area contributed by atoms with Gasteiger partial charge in [0, 0.05) is 18.6 Å². The summed E-state index contributed by atoms with van der Waals surface area (Å²) in [5.41, 5.74) is 5.93. The molecule has 2 unspecified atom stereocenters. The average Bonchev–Trinajstić information content (AvgIpc) is 2.70. The molecule has 1 aromatic rings. The highest BCUT2D eigenvalue weighted by atomic mass is 79.9. The van der Waals surface area contributed by atoms with E-state index in [0.717, 1.165) is 30.6 Å². The summed E-state index contributed by atoms with van der Waals surface area (Å²) in [6.45, 7) is 2.39. The molecule has 1 saturated heterocycles. The SMILES string of the molecule is CC(N)C1CCCCN1S(=O)(=O)c1cc(Cl)c(Br)s1. The van der Waals surface area contributed by atoms with Crippen molar-refractivity contribution < 1.29 is 8.42 Å². The fourth-order valence-electron chi connectivity index (χ4n) is 2.32. The predicted molar refractivity (Wildman–Crippen MR) is 82.2 cm³/mol. The van der Waals surface area contributed by atoms with Crippen LogP contribution in [-0.4, -0.2) is 31.4 Å². The minimum Gasteiger partial charge on any atom is -0.326 e. The Morgan fingerprint density at radius 2 is 2.26 bits per heavy atom. The summed E-state index contributed by atoms with van der Waals surface area (Å²) in [4.78, 5) is 0. The minimum absolute atomic E-state index is 0.126. The molecular formula is C11H16BrClN2O2S2. The number of hydrogen-bond acceptors (Lipinski definition) is 4. The van der Waals surface area contributed by atoms with Crippen molar-refractivity contribution in [3.8, 4) is 0 Å². The molecule has 19 heavy (non-hydrogen) atoms. The molecule has 2 rings (SSSR count). The lowest BCUT2D eigenvalue weighted by molar-refractivity contribution is 0.227. The van der Waals surface area contributed by atoms with Crippen molar-refractivity contribution in [1.29, 1.82) is 0 Å². The summed E-state index contributed by atoms with van der Waals surface area (Å²) in [5.74, 6) is 0. The lowest BCUT2D eigenvalue weighted by Gasteiger charge is -2.36. The fraction of sp³-hybridized carbons (Fsp3) is 0.636. The molecule has 0 aromatic carbocycles. The van der Waals surface area contributed by atoms with Gasteiger partial charge in [-0.3, -0.25) is 0 Å². The Morgan fingerprint density at radius 3 is 2.79 bits per heavy atom. The zero-order valence-corrected chi connectivity index (χ0v) is 14.4. The molecule has 0 aliphatic carbocycles. The van der Waals surface area contributed by atoms with Crippen LogP contribution >= 0.6 is 38.9 Å². The van der Waals surface area contributed by atoms with Crippen molar-refractivity contribution in [2.75, 3.05) is 6.54 Å². The zero-order chi connectivity index (χ0) is 14.2. The van der Waals surface area contributed by atoms with Crippen LogP contribution in [0.25, 0.3) is 0 Å². The highest BCUT2D eigenvalue weighted by Crippen LogP contribution is 2.37. The Labute approximate surface area is 131 Å². The Kier molecular flexibility index (Phi) is 4.96. The van der Waals surface area contributed by atoms with Crippen LogP contribution in [0.1, 0.15) is 26.2 Å². The van der Waals surface area contributed by atoms with E-state index in [1.54, 1.807) is 0 Å². The highest BCUT2D eigenvalue weighted by molar-refractivity contribution is 9.11. The van der Waals surface area contributed by atoms with Crippen LogP contribution in [0, 0.1) is 0 Å². The Hall–Kier alpha value is 0.340. The third-order valence-electron chi connectivity index (χ3n) is 3.29. The molecule has 1 aliphatic heterocycles. The van der Waals surface area contributed by atoms with E-state index >= 15 is 0 Å². The summed E-state index contributed by atoms with van der Waals surface area (Å²) < 4.78 is 27.8. The maximum atomic E-state index is 12.7. The normalized spacial score (nSPS) is 23.5. The molecule has 0 amide bonds. The molecule has 1 fully saturated rings. The molecule has 0 radical (unpaired) electrons. The van der Waals surface area contributed by atoms with Crippen molar-refractivity contribution in [1.82, 2.24) is 4.31 Å². The van der Waals surface area contributed by atoms with E-state index in [2.05, 4.69) is 15.9 Å². The summed E-state index contributed by atoms with van der Waals surface area (Å²) in [6, 6.07) is 1.20. The van der Waals surface area contributed by atoms with Crippen LogP contribution in [0.15, 0.2) is 14.1 Å². The number of halogens is 2. The van der Waals surface area contributed by atoms with E-state index in [4.69, 9.17) is 17.3 Å². The van der Waals surface area contributed by atoms with E-state index in [0.29, 0.717) is 15.4 Å². The second-order valence-electron chi connectivity index (χ2n) is 4.73. The monoisotopic (exact) mass is 386 g/mol. The lowest BCUT2D eigenvalue weighted by Crippen LogP contribution is -2.51. The van der Waals surface area contributed by atoms with Gasteiger partial charge in [-0.2, -0.15) is 4.31 Å². The van der Waals surface area contributed by atoms with Gasteiger partial charge in [-0.1, -0.05) is 18.0 Å². The molecule has 0 bridgehead atoms. The van der Waals surface area contributed by atoms with Gasteiger partial charge in [-0.05, 0) is 41.8 Å². The first-order valence-electron chi connectivity index (χ1n) is 6.06. The van der Waals surface area contributed by atoms with E-state index in [1.165, 1.54) is 10.4 Å². The molecule has 4 nitrogen and oxygen atoms in total. The average molecular weight is 388 g/mol. The second kappa shape index (κ2) is 5.99. The van der Waals surface area contributed by atoms with Crippen LogP contribution in [-0.2, 0) is 10.0 Å². The summed E-state index contributed by atoms with van der Waals surface area (Å²) in [6.07, 6.45) is 2.72. The summed E-state index contributed by atoms with van der Waals surface area (Å²) in [7, 11) is -3.50. The Bertz CT molecular complexity index is 540. The molecule has 1 aliphatic rings. The number of nitrogens with zero attached hydrogens (tertiary/aromatic N) is 1. The van der Waals surface area contributed by atoms with Gasteiger partial charge in [0.25, 0.3) is 10.0 Å². The van der Waals surface area contributed by atoms with Gasteiger partial charge >= 0.3 is 0 Å². The summed E-state index contributed by atoms with van der Waals surface area (Å²) in [5, 5.41) is 0.429. The van der Waals surface area contributed by atoms with E-state index in [1.807, 2.05) is 6.92 Å². The molecule has 2 N–H and O–H groups in total. The number of piperidine rings is 1. The molecular weight excluding hydrogens is 372 g/mol. The van der Waals surface area contributed by atoms with Crippen molar-refractivity contribution in [2.24, 2.45) is 5.73 Å². The number of nitrogens with two attached hydrogens (primary N) is 1. The smallest absolute Gasteiger partial charge is 0.252 e. The van der Waals surface area contributed by atoms with E-state index in [9.17, 15) is 8.42 Å². The number of rotatable bonds is 3. The van der Waals surface area contributed by atoms with Gasteiger partial charge in [0.15, 0.2) is 0 Å². The van der Waals surface area contributed by atoms with Crippen LogP contribution in [0.4, 0.5) is 0 Å². The van der Waals surface area contributed by atoms with Gasteiger partial charge in [0.05, 0.1) is 8.81 Å². The second-order valence-corrected chi connectivity index (χ2v) is 9.62. The van der Waals surface area contributed by atoms with Crippen molar-refractivity contribution in [3.63, 3.8) is 0 Å². The first-order chi connectivity index (χ1) is 8.84. The van der Waals surface area contributed by atoms with Crippen LogP contribution in [0.2, 0.25) is 5.02 Å². The molecule has 1 aromatic heterocycles. The van der Waals surface area contributed by atoms with Gasteiger partial charge in [-0.15, -0.1) is 11.3 Å². The minimum atomic E-state index is -3.50. The molecule has 0 saturated carbocycles. The van der Waals surface area contributed by atoms with Crippen LogP contribution in [0.3, 0.4) is 0 Å². The highest BCUT2D eigenvalue weighted by Gasteiger charge is 2.36. The first kappa shape index (κ1) is 15.7. The first-order valence-corrected chi connectivity index (χ1v) is 9.49. The fourth-order valence-corrected chi connectivity index (χ4v) is 6.63. The standard InChI is InChI=1S/C11H16BrClN2O2S2/c1-7(14)9-4-2-3-5-15(9)19(16,17)10-6-8(13)11(12)18-10/h6-7,9H,2-5,14H2,1H3. The van der Waals surface area contributed by atoms with E-state index in [-0.39, 0.29) is 16.3 Å².